The first-order valence-corrected chi connectivity index (χ1v) is 6.56. The molecule has 10 heteroatoms. The standard InChI is InChI=1S/C4H10O2.4C3H4O2/c1-4(6)2-3-5;4*1-2-3(4)5/h4-6H,2-3H2,1H3;4*2H,1H2,(H,4,5). The Labute approximate surface area is 151 Å². The molecule has 0 aliphatic rings. The maximum atomic E-state index is 9.25. The largest absolute Gasteiger partial charge is 0.478 e. The van der Waals surface area contributed by atoms with Crippen molar-refractivity contribution in [2.75, 3.05) is 6.61 Å². The van der Waals surface area contributed by atoms with Crippen molar-refractivity contribution in [3.63, 3.8) is 0 Å². The Balaban J connectivity index is -0.0000000708. The Bertz CT molecular complexity index is 366. The average molecular weight is 378 g/mol. The second-order valence-electron chi connectivity index (χ2n) is 3.53. The van der Waals surface area contributed by atoms with Crippen LogP contribution in [0, 0.1) is 0 Å². The highest BCUT2D eigenvalue weighted by Crippen LogP contribution is 1.83. The first kappa shape index (κ1) is 34.2. The summed E-state index contributed by atoms with van der Waals surface area (Å²) < 4.78 is 0. The molecule has 150 valence electrons. The minimum absolute atomic E-state index is 0.0810. The molecule has 6 N–H and O–H groups in total. The molecule has 0 saturated carbocycles. The highest BCUT2D eigenvalue weighted by molar-refractivity contribution is 5.79. The maximum absolute atomic E-state index is 9.25. The zero-order chi connectivity index (χ0) is 22.1. The number of aliphatic hydroxyl groups excluding tert-OH is 2. The monoisotopic (exact) mass is 378 g/mol. The van der Waals surface area contributed by atoms with E-state index >= 15 is 0 Å². The lowest BCUT2D eigenvalue weighted by atomic mass is 10.3. The zero-order valence-corrected chi connectivity index (χ0v) is 14.4. The van der Waals surface area contributed by atoms with Gasteiger partial charge in [0.2, 0.25) is 0 Å². The Morgan fingerprint density at radius 1 is 0.731 bits per heavy atom. The summed E-state index contributed by atoms with van der Waals surface area (Å²) in [5, 5.41) is 46.9. The van der Waals surface area contributed by atoms with E-state index in [-0.39, 0.29) is 12.7 Å². The minimum atomic E-state index is -0.981. The van der Waals surface area contributed by atoms with Crippen LogP contribution in [0.2, 0.25) is 0 Å². The van der Waals surface area contributed by atoms with E-state index in [1.54, 1.807) is 6.92 Å². The normalized spacial score (nSPS) is 8.27. The van der Waals surface area contributed by atoms with Gasteiger partial charge in [-0.2, -0.15) is 0 Å². The summed E-state index contributed by atoms with van der Waals surface area (Å²) in [7, 11) is 0. The summed E-state index contributed by atoms with van der Waals surface area (Å²) in [4.78, 5) is 37.0. The van der Waals surface area contributed by atoms with Crippen LogP contribution in [0.25, 0.3) is 0 Å². The third-order valence-corrected chi connectivity index (χ3v) is 1.25. The number of carboxylic acids is 4. The van der Waals surface area contributed by atoms with Gasteiger partial charge in [0.05, 0.1) is 6.10 Å². The summed E-state index contributed by atoms with van der Waals surface area (Å²) in [6.07, 6.45) is 3.47. The molecule has 0 saturated heterocycles. The van der Waals surface area contributed by atoms with Crippen molar-refractivity contribution in [1.29, 1.82) is 0 Å². The van der Waals surface area contributed by atoms with Crippen LogP contribution in [0.3, 0.4) is 0 Å². The summed E-state index contributed by atoms with van der Waals surface area (Å²) >= 11 is 0. The van der Waals surface area contributed by atoms with Crippen LogP contribution < -0.4 is 0 Å². The topological polar surface area (TPSA) is 190 Å². The van der Waals surface area contributed by atoms with Crippen molar-refractivity contribution in [2.45, 2.75) is 19.4 Å². The van der Waals surface area contributed by atoms with Gasteiger partial charge >= 0.3 is 23.9 Å². The molecular weight excluding hydrogens is 352 g/mol. The molecular formula is C16H26O10. The average Bonchev–Trinajstić information content (AvgIpc) is 2.56. The van der Waals surface area contributed by atoms with Gasteiger partial charge in [0.15, 0.2) is 0 Å². The fourth-order valence-corrected chi connectivity index (χ4v) is 0.187. The fraction of sp³-hybridized carbons (Fsp3) is 0.250. The molecule has 0 heterocycles. The minimum Gasteiger partial charge on any atom is -0.478 e. The van der Waals surface area contributed by atoms with E-state index in [2.05, 4.69) is 26.3 Å². The van der Waals surface area contributed by atoms with E-state index in [0.717, 1.165) is 24.3 Å². The van der Waals surface area contributed by atoms with Crippen LogP contribution in [0.4, 0.5) is 0 Å². The van der Waals surface area contributed by atoms with Crippen LogP contribution in [0.1, 0.15) is 13.3 Å². The summed E-state index contributed by atoms with van der Waals surface area (Å²) in [6, 6.07) is 0. The van der Waals surface area contributed by atoms with Crippen LogP contribution in [0.5, 0.6) is 0 Å². The van der Waals surface area contributed by atoms with E-state index < -0.39 is 23.9 Å². The Hall–Kier alpha value is -3.24. The number of carboxylic acid groups (broad SMARTS) is 4. The smallest absolute Gasteiger partial charge is 0.327 e. The van der Waals surface area contributed by atoms with Crippen molar-refractivity contribution in [3.8, 4) is 0 Å². The molecule has 0 spiro atoms. The summed E-state index contributed by atoms with van der Waals surface area (Å²) in [6.45, 7) is 13.6. The van der Waals surface area contributed by atoms with Gasteiger partial charge in [-0.25, -0.2) is 19.2 Å². The van der Waals surface area contributed by atoms with Gasteiger partial charge in [-0.05, 0) is 13.3 Å². The van der Waals surface area contributed by atoms with E-state index in [9.17, 15) is 19.2 Å². The SMILES string of the molecule is C=CC(=O)O.C=CC(=O)O.C=CC(=O)O.C=CC(=O)O.CC(O)CCO. The quantitative estimate of drug-likeness (QED) is 0.360. The van der Waals surface area contributed by atoms with Crippen LogP contribution >= 0.6 is 0 Å². The Morgan fingerprint density at radius 2 is 0.885 bits per heavy atom. The highest BCUT2D eigenvalue weighted by atomic mass is 16.4. The molecule has 0 aromatic heterocycles. The predicted octanol–water partition coefficient (Wildman–Crippen LogP) is 0.778. The van der Waals surface area contributed by atoms with Crippen LogP contribution in [-0.2, 0) is 19.2 Å². The molecule has 0 aliphatic heterocycles. The first-order chi connectivity index (χ1) is 11.9. The second-order valence-corrected chi connectivity index (χ2v) is 3.53. The van der Waals surface area contributed by atoms with Gasteiger partial charge in [-0.15, -0.1) is 0 Å². The molecule has 0 amide bonds. The Kier molecular flexibility index (Phi) is 39.1. The first-order valence-electron chi connectivity index (χ1n) is 6.56. The number of hydrogen-bond donors (Lipinski definition) is 6. The lowest BCUT2D eigenvalue weighted by Crippen LogP contribution is -2.00. The number of carbonyl (C=O) groups is 4. The number of rotatable bonds is 6. The van der Waals surface area contributed by atoms with Gasteiger partial charge in [-0.3, -0.25) is 0 Å². The van der Waals surface area contributed by atoms with Gasteiger partial charge in [0.25, 0.3) is 0 Å². The lowest BCUT2D eigenvalue weighted by molar-refractivity contribution is -0.132. The molecule has 0 rings (SSSR count). The number of aliphatic carboxylic acids is 4. The molecule has 0 fully saturated rings. The van der Waals surface area contributed by atoms with Crippen LogP contribution in [-0.4, -0.2) is 67.2 Å². The van der Waals surface area contributed by atoms with E-state index in [1.165, 1.54) is 0 Å². The molecule has 10 nitrogen and oxygen atoms in total. The number of aliphatic hydroxyl groups is 2. The maximum Gasteiger partial charge on any atom is 0.327 e. The van der Waals surface area contributed by atoms with Gasteiger partial charge in [0, 0.05) is 30.9 Å². The van der Waals surface area contributed by atoms with E-state index in [0.29, 0.717) is 6.42 Å². The zero-order valence-electron chi connectivity index (χ0n) is 14.4. The molecule has 26 heavy (non-hydrogen) atoms. The molecule has 0 radical (unpaired) electrons. The van der Waals surface area contributed by atoms with Crippen molar-refractivity contribution in [3.05, 3.63) is 50.6 Å². The van der Waals surface area contributed by atoms with Gasteiger partial charge in [-0.1, -0.05) is 26.3 Å². The van der Waals surface area contributed by atoms with Crippen molar-refractivity contribution in [1.82, 2.24) is 0 Å². The lowest BCUT2D eigenvalue weighted by Gasteiger charge is -1.95. The predicted molar refractivity (Wildman–Crippen MR) is 94.7 cm³/mol. The molecule has 0 aromatic rings. The third kappa shape index (κ3) is 135. The second kappa shape index (κ2) is 29.7. The van der Waals surface area contributed by atoms with E-state index in [4.69, 9.17) is 30.6 Å². The summed E-state index contributed by atoms with van der Waals surface area (Å²) in [5.41, 5.74) is 0. The van der Waals surface area contributed by atoms with Crippen molar-refractivity contribution >= 4 is 23.9 Å². The van der Waals surface area contributed by atoms with Crippen LogP contribution in [0.15, 0.2) is 50.6 Å². The molecule has 0 aliphatic carbocycles. The fourth-order valence-electron chi connectivity index (χ4n) is 0.187. The number of hydrogen-bond acceptors (Lipinski definition) is 6. The highest BCUT2D eigenvalue weighted by Gasteiger charge is 1.88. The third-order valence-electron chi connectivity index (χ3n) is 1.25. The van der Waals surface area contributed by atoms with Crippen molar-refractivity contribution in [2.24, 2.45) is 0 Å². The van der Waals surface area contributed by atoms with Gasteiger partial charge in [0.1, 0.15) is 0 Å². The van der Waals surface area contributed by atoms with E-state index in [1.807, 2.05) is 0 Å². The molecule has 1 atom stereocenters. The Morgan fingerprint density at radius 3 is 0.885 bits per heavy atom. The van der Waals surface area contributed by atoms with Gasteiger partial charge < -0.3 is 30.6 Å². The summed E-state index contributed by atoms with van der Waals surface area (Å²) in [5.74, 6) is -3.93. The van der Waals surface area contributed by atoms with Crippen molar-refractivity contribution < 1.29 is 49.8 Å². The molecule has 0 aromatic carbocycles. The molecule has 0 bridgehead atoms. The molecule has 1 unspecified atom stereocenters.